The SMILES string of the molecule is NCC1CCN(CCc2cccc(/C=C/c3ccc(Cl)cc3Br)c2)C1. The number of nitrogens with zero attached hydrogens (tertiary/aromatic N) is 1. The molecule has 0 saturated carbocycles. The van der Waals surface area contributed by atoms with E-state index in [0.717, 1.165) is 41.1 Å². The zero-order valence-corrected chi connectivity index (χ0v) is 16.6. The van der Waals surface area contributed by atoms with Crippen LogP contribution in [0, 0.1) is 5.92 Å². The average molecular weight is 420 g/mol. The van der Waals surface area contributed by atoms with Crippen LogP contribution in [-0.2, 0) is 6.42 Å². The van der Waals surface area contributed by atoms with E-state index in [1.165, 1.54) is 24.1 Å². The van der Waals surface area contributed by atoms with Crippen LogP contribution in [0.5, 0.6) is 0 Å². The third-order valence-corrected chi connectivity index (χ3v) is 5.71. The Balaban J connectivity index is 1.60. The standard InChI is InChI=1S/C21H24BrClN2/c22-21-13-20(23)7-6-19(21)5-4-16-2-1-3-17(12-16)8-10-25-11-9-18(14-24)15-25/h1-7,12-13,18H,8-11,14-15,24H2/b5-4+. The summed E-state index contributed by atoms with van der Waals surface area (Å²) in [4.78, 5) is 2.53. The molecule has 2 aromatic carbocycles. The largest absolute Gasteiger partial charge is 0.330 e. The van der Waals surface area contributed by atoms with E-state index in [9.17, 15) is 0 Å². The summed E-state index contributed by atoms with van der Waals surface area (Å²) in [6, 6.07) is 14.6. The van der Waals surface area contributed by atoms with E-state index < -0.39 is 0 Å². The second-order valence-corrected chi connectivity index (χ2v) is 7.98. The predicted octanol–water partition coefficient (Wildman–Crippen LogP) is 5.10. The third kappa shape index (κ3) is 5.42. The van der Waals surface area contributed by atoms with Gasteiger partial charge in [-0.2, -0.15) is 0 Å². The summed E-state index contributed by atoms with van der Waals surface area (Å²) in [7, 11) is 0. The molecule has 2 aromatic rings. The highest BCUT2D eigenvalue weighted by Gasteiger charge is 2.20. The van der Waals surface area contributed by atoms with Crippen molar-refractivity contribution in [2.45, 2.75) is 12.8 Å². The Morgan fingerprint density at radius 1 is 1.20 bits per heavy atom. The summed E-state index contributed by atoms with van der Waals surface area (Å²) in [5.41, 5.74) is 9.51. The summed E-state index contributed by atoms with van der Waals surface area (Å²) in [6.07, 6.45) is 6.60. The summed E-state index contributed by atoms with van der Waals surface area (Å²) in [6.45, 7) is 4.27. The number of benzene rings is 2. The van der Waals surface area contributed by atoms with Crippen molar-refractivity contribution in [2.24, 2.45) is 11.7 Å². The van der Waals surface area contributed by atoms with Crippen molar-refractivity contribution in [3.05, 3.63) is 68.7 Å². The normalized spacial score (nSPS) is 18.3. The molecule has 0 bridgehead atoms. The molecule has 1 aliphatic heterocycles. The van der Waals surface area contributed by atoms with Gasteiger partial charge in [-0.25, -0.2) is 0 Å². The van der Waals surface area contributed by atoms with E-state index in [0.29, 0.717) is 5.92 Å². The van der Waals surface area contributed by atoms with Crippen LogP contribution in [0.15, 0.2) is 46.9 Å². The maximum Gasteiger partial charge on any atom is 0.0417 e. The van der Waals surface area contributed by atoms with E-state index in [-0.39, 0.29) is 0 Å². The number of hydrogen-bond acceptors (Lipinski definition) is 2. The topological polar surface area (TPSA) is 29.3 Å². The van der Waals surface area contributed by atoms with E-state index in [2.05, 4.69) is 57.2 Å². The monoisotopic (exact) mass is 418 g/mol. The van der Waals surface area contributed by atoms with Crippen molar-refractivity contribution in [2.75, 3.05) is 26.2 Å². The van der Waals surface area contributed by atoms with Crippen molar-refractivity contribution >= 4 is 39.7 Å². The minimum atomic E-state index is 0.687. The Morgan fingerprint density at radius 2 is 2.08 bits per heavy atom. The van der Waals surface area contributed by atoms with Crippen LogP contribution < -0.4 is 5.73 Å². The Labute approximate surface area is 163 Å². The highest BCUT2D eigenvalue weighted by molar-refractivity contribution is 9.10. The molecule has 1 fully saturated rings. The Hall–Kier alpha value is -1.13. The van der Waals surface area contributed by atoms with Gasteiger partial charge < -0.3 is 10.6 Å². The first kappa shape index (κ1) is 18.7. The molecule has 3 rings (SSSR count). The molecule has 1 saturated heterocycles. The van der Waals surface area contributed by atoms with E-state index in [1.807, 2.05) is 18.2 Å². The summed E-state index contributed by atoms with van der Waals surface area (Å²) in [5, 5.41) is 0.741. The minimum absolute atomic E-state index is 0.687. The Bertz CT molecular complexity index is 744. The Morgan fingerprint density at radius 3 is 2.84 bits per heavy atom. The molecule has 0 aliphatic carbocycles. The quantitative estimate of drug-likeness (QED) is 0.660. The lowest BCUT2D eigenvalue weighted by Gasteiger charge is -2.15. The maximum absolute atomic E-state index is 6.00. The van der Waals surface area contributed by atoms with Crippen molar-refractivity contribution in [1.82, 2.24) is 4.90 Å². The number of hydrogen-bond donors (Lipinski definition) is 1. The fourth-order valence-electron chi connectivity index (χ4n) is 3.27. The molecule has 132 valence electrons. The van der Waals surface area contributed by atoms with Gasteiger partial charge in [-0.1, -0.05) is 70.0 Å². The molecule has 25 heavy (non-hydrogen) atoms. The summed E-state index contributed by atoms with van der Waals surface area (Å²) >= 11 is 9.55. The summed E-state index contributed by atoms with van der Waals surface area (Å²) < 4.78 is 1.01. The summed E-state index contributed by atoms with van der Waals surface area (Å²) in [5.74, 6) is 0.687. The molecule has 0 spiro atoms. The molecule has 4 heteroatoms. The van der Waals surface area contributed by atoms with Crippen molar-refractivity contribution in [1.29, 1.82) is 0 Å². The first-order valence-electron chi connectivity index (χ1n) is 8.78. The van der Waals surface area contributed by atoms with Gasteiger partial charge in [-0.3, -0.25) is 0 Å². The maximum atomic E-state index is 6.00. The zero-order chi connectivity index (χ0) is 17.6. The molecule has 1 heterocycles. The molecular weight excluding hydrogens is 396 g/mol. The Kier molecular flexibility index (Phi) is 6.71. The van der Waals surface area contributed by atoms with Gasteiger partial charge in [-0.05, 0) is 60.7 Å². The molecule has 2 nitrogen and oxygen atoms in total. The van der Waals surface area contributed by atoms with Gasteiger partial charge in [0, 0.05) is 22.6 Å². The molecule has 1 aliphatic rings. The number of nitrogens with two attached hydrogens (primary N) is 1. The van der Waals surface area contributed by atoms with Gasteiger partial charge in [0.1, 0.15) is 0 Å². The van der Waals surface area contributed by atoms with Crippen molar-refractivity contribution in [3.63, 3.8) is 0 Å². The van der Waals surface area contributed by atoms with Crippen LogP contribution in [-0.4, -0.2) is 31.1 Å². The second-order valence-electron chi connectivity index (χ2n) is 6.69. The smallest absolute Gasteiger partial charge is 0.0417 e. The lowest BCUT2D eigenvalue weighted by molar-refractivity contribution is 0.329. The lowest BCUT2D eigenvalue weighted by Crippen LogP contribution is -2.25. The van der Waals surface area contributed by atoms with Gasteiger partial charge in [0.05, 0.1) is 0 Å². The second kappa shape index (κ2) is 9.00. The lowest BCUT2D eigenvalue weighted by atomic mass is 10.1. The predicted molar refractivity (Wildman–Crippen MR) is 112 cm³/mol. The van der Waals surface area contributed by atoms with Crippen LogP contribution in [0.4, 0.5) is 0 Å². The van der Waals surface area contributed by atoms with Crippen LogP contribution in [0.3, 0.4) is 0 Å². The van der Waals surface area contributed by atoms with E-state index in [4.69, 9.17) is 17.3 Å². The van der Waals surface area contributed by atoms with Gasteiger partial charge in [-0.15, -0.1) is 0 Å². The molecule has 0 amide bonds. The first-order chi connectivity index (χ1) is 12.1. The van der Waals surface area contributed by atoms with Crippen LogP contribution in [0.1, 0.15) is 23.1 Å². The zero-order valence-electron chi connectivity index (χ0n) is 14.3. The van der Waals surface area contributed by atoms with Crippen LogP contribution >= 0.6 is 27.5 Å². The highest BCUT2D eigenvalue weighted by Crippen LogP contribution is 2.23. The van der Waals surface area contributed by atoms with E-state index in [1.54, 1.807) is 0 Å². The number of likely N-dealkylation sites (tertiary alicyclic amines) is 1. The fraction of sp³-hybridized carbons (Fsp3) is 0.333. The van der Waals surface area contributed by atoms with Crippen LogP contribution in [0.2, 0.25) is 5.02 Å². The third-order valence-electron chi connectivity index (χ3n) is 4.79. The molecular formula is C21H24BrClN2. The number of halogens is 2. The van der Waals surface area contributed by atoms with Crippen LogP contribution in [0.25, 0.3) is 12.2 Å². The molecule has 2 N–H and O–H groups in total. The first-order valence-corrected chi connectivity index (χ1v) is 9.95. The van der Waals surface area contributed by atoms with Gasteiger partial charge in [0.2, 0.25) is 0 Å². The minimum Gasteiger partial charge on any atom is -0.330 e. The van der Waals surface area contributed by atoms with Gasteiger partial charge in [0.25, 0.3) is 0 Å². The van der Waals surface area contributed by atoms with E-state index >= 15 is 0 Å². The van der Waals surface area contributed by atoms with Crippen molar-refractivity contribution < 1.29 is 0 Å². The molecule has 0 aromatic heterocycles. The molecule has 1 unspecified atom stereocenters. The van der Waals surface area contributed by atoms with Gasteiger partial charge in [0.15, 0.2) is 0 Å². The number of rotatable bonds is 6. The molecule has 1 atom stereocenters. The highest BCUT2D eigenvalue weighted by atomic mass is 79.9. The fourth-order valence-corrected chi connectivity index (χ4v) is 4.09. The van der Waals surface area contributed by atoms with Gasteiger partial charge >= 0.3 is 0 Å². The van der Waals surface area contributed by atoms with Crippen molar-refractivity contribution in [3.8, 4) is 0 Å². The molecule has 0 radical (unpaired) electrons. The average Bonchev–Trinajstić information content (AvgIpc) is 3.08.